The van der Waals surface area contributed by atoms with E-state index in [4.69, 9.17) is 0 Å². The highest BCUT2D eigenvalue weighted by atomic mass is 79.9. The van der Waals surface area contributed by atoms with Crippen LogP contribution in [-0.2, 0) is 0 Å². The van der Waals surface area contributed by atoms with Crippen LogP contribution < -0.4 is 5.32 Å². The third kappa shape index (κ3) is 4.25. The molecule has 0 bridgehead atoms. The second-order valence-electron chi connectivity index (χ2n) is 4.31. The SMILES string of the molecule is OC(CNc1c(Br)cc(Br)cc1Br)c1ccc(F)c(F)c1. The second-order valence-corrected chi connectivity index (χ2v) is 6.94. The summed E-state index contributed by atoms with van der Waals surface area (Å²) < 4.78 is 28.5. The molecular weight excluding hydrogens is 476 g/mol. The molecule has 0 fully saturated rings. The Bertz CT molecular complexity index is 644. The molecular formula is C14H10Br3F2NO. The molecule has 0 aliphatic heterocycles. The van der Waals surface area contributed by atoms with Crippen LogP contribution in [0.1, 0.15) is 11.7 Å². The zero-order chi connectivity index (χ0) is 15.6. The molecule has 0 aromatic heterocycles. The van der Waals surface area contributed by atoms with Crippen molar-refractivity contribution in [1.29, 1.82) is 0 Å². The first kappa shape index (κ1) is 16.9. The number of hydrogen-bond acceptors (Lipinski definition) is 2. The predicted molar refractivity (Wildman–Crippen MR) is 89.3 cm³/mol. The first-order chi connectivity index (χ1) is 9.88. The lowest BCUT2D eigenvalue weighted by Gasteiger charge is -2.16. The average molecular weight is 486 g/mol. The molecule has 7 heteroatoms. The maximum atomic E-state index is 13.1. The fourth-order valence-corrected chi connectivity index (χ4v) is 4.29. The van der Waals surface area contributed by atoms with Crippen LogP contribution in [0.25, 0.3) is 0 Å². The van der Waals surface area contributed by atoms with Crippen LogP contribution in [0.15, 0.2) is 43.7 Å². The van der Waals surface area contributed by atoms with Crippen molar-refractivity contribution < 1.29 is 13.9 Å². The topological polar surface area (TPSA) is 32.3 Å². The Hall–Kier alpha value is -0.500. The molecule has 0 saturated heterocycles. The van der Waals surface area contributed by atoms with Crippen molar-refractivity contribution in [3.8, 4) is 0 Å². The van der Waals surface area contributed by atoms with E-state index in [0.29, 0.717) is 5.56 Å². The Morgan fingerprint density at radius 3 is 2.19 bits per heavy atom. The number of anilines is 1. The van der Waals surface area contributed by atoms with E-state index < -0.39 is 17.7 Å². The van der Waals surface area contributed by atoms with Crippen LogP contribution in [0, 0.1) is 11.6 Å². The van der Waals surface area contributed by atoms with Gasteiger partial charge in [0, 0.05) is 20.0 Å². The van der Waals surface area contributed by atoms with E-state index in [9.17, 15) is 13.9 Å². The lowest BCUT2D eigenvalue weighted by atomic mass is 10.1. The Morgan fingerprint density at radius 2 is 1.62 bits per heavy atom. The molecule has 2 rings (SSSR count). The number of hydrogen-bond donors (Lipinski definition) is 2. The first-order valence-corrected chi connectivity index (χ1v) is 8.28. The van der Waals surface area contributed by atoms with Crippen LogP contribution in [0.2, 0.25) is 0 Å². The molecule has 0 aliphatic carbocycles. The van der Waals surface area contributed by atoms with E-state index >= 15 is 0 Å². The van der Waals surface area contributed by atoms with Crippen molar-refractivity contribution in [3.63, 3.8) is 0 Å². The third-order valence-electron chi connectivity index (χ3n) is 2.81. The van der Waals surface area contributed by atoms with Gasteiger partial charge in [-0.3, -0.25) is 0 Å². The molecule has 0 amide bonds. The summed E-state index contributed by atoms with van der Waals surface area (Å²) in [7, 11) is 0. The van der Waals surface area contributed by atoms with Gasteiger partial charge in [-0.1, -0.05) is 22.0 Å². The van der Waals surface area contributed by atoms with Crippen LogP contribution in [0.3, 0.4) is 0 Å². The van der Waals surface area contributed by atoms with Crippen molar-refractivity contribution in [2.45, 2.75) is 6.10 Å². The van der Waals surface area contributed by atoms with E-state index in [2.05, 4.69) is 53.1 Å². The molecule has 0 radical (unpaired) electrons. The minimum Gasteiger partial charge on any atom is -0.387 e. The van der Waals surface area contributed by atoms with Gasteiger partial charge in [0.2, 0.25) is 0 Å². The maximum Gasteiger partial charge on any atom is 0.159 e. The fraction of sp³-hybridized carbons (Fsp3) is 0.143. The molecule has 0 heterocycles. The standard InChI is InChI=1S/C14H10Br3F2NO/c15-8-4-9(16)14(10(17)5-8)20-6-13(21)7-1-2-11(18)12(19)3-7/h1-5,13,20-21H,6H2. The summed E-state index contributed by atoms with van der Waals surface area (Å²) in [5, 5.41) is 13.1. The minimum absolute atomic E-state index is 0.157. The third-order valence-corrected chi connectivity index (χ3v) is 4.52. The summed E-state index contributed by atoms with van der Waals surface area (Å²) in [6.07, 6.45) is -0.956. The quantitative estimate of drug-likeness (QED) is 0.608. The molecule has 21 heavy (non-hydrogen) atoms. The van der Waals surface area contributed by atoms with Gasteiger partial charge in [0.1, 0.15) is 0 Å². The van der Waals surface area contributed by atoms with Crippen LogP contribution in [-0.4, -0.2) is 11.7 Å². The van der Waals surface area contributed by atoms with E-state index in [0.717, 1.165) is 31.2 Å². The molecule has 1 unspecified atom stereocenters. The fourth-order valence-electron chi connectivity index (χ4n) is 1.75. The molecule has 2 aromatic rings. The first-order valence-electron chi connectivity index (χ1n) is 5.90. The lowest BCUT2D eigenvalue weighted by Crippen LogP contribution is -2.13. The summed E-state index contributed by atoms with van der Waals surface area (Å²) in [6, 6.07) is 7.07. The monoisotopic (exact) mass is 483 g/mol. The number of benzene rings is 2. The minimum atomic E-state index is -0.974. The van der Waals surface area contributed by atoms with E-state index in [1.807, 2.05) is 12.1 Å². The molecule has 2 aromatic carbocycles. The number of aliphatic hydroxyl groups is 1. The highest BCUT2D eigenvalue weighted by Crippen LogP contribution is 2.34. The summed E-state index contributed by atoms with van der Waals surface area (Å²) in [6.45, 7) is 0.157. The summed E-state index contributed by atoms with van der Waals surface area (Å²) >= 11 is 10.2. The normalized spacial score (nSPS) is 12.3. The van der Waals surface area contributed by atoms with E-state index in [-0.39, 0.29) is 6.54 Å². The van der Waals surface area contributed by atoms with Crippen molar-refractivity contribution in [3.05, 3.63) is 60.9 Å². The van der Waals surface area contributed by atoms with Gasteiger partial charge in [0.05, 0.1) is 11.8 Å². The van der Waals surface area contributed by atoms with Crippen molar-refractivity contribution in [1.82, 2.24) is 0 Å². The van der Waals surface area contributed by atoms with Gasteiger partial charge in [-0.25, -0.2) is 8.78 Å². The molecule has 1 atom stereocenters. The van der Waals surface area contributed by atoms with Crippen molar-refractivity contribution in [2.75, 3.05) is 11.9 Å². The van der Waals surface area contributed by atoms with Gasteiger partial charge in [0.15, 0.2) is 11.6 Å². The van der Waals surface area contributed by atoms with Gasteiger partial charge < -0.3 is 10.4 Å². The number of rotatable bonds is 4. The van der Waals surface area contributed by atoms with Gasteiger partial charge in [-0.15, -0.1) is 0 Å². The highest BCUT2D eigenvalue weighted by molar-refractivity contribution is 9.11. The van der Waals surface area contributed by atoms with Crippen LogP contribution in [0.4, 0.5) is 14.5 Å². The van der Waals surface area contributed by atoms with E-state index in [1.54, 1.807) is 0 Å². The van der Waals surface area contributed by atoms with E-state index in [1.165, 1.54) is 6.07 Å². The Balaban J connectivity index is 2.11. The van der Waals surface area contributed by atoms with Crippen molar-refractivity contribution in [2.24, 2.45) is 0 Å². The second kappa shape index (κ2) is 7.17. The number of halogens is 5. The predicted octanol–water partition coefficient (Wildman–Crippen LogP) is 5.40. The molecule has 2 N–H and O–H groups in total. The highest BCUT2D eigenvalue weighted by Gasteiger charge is 2.13. The number of aliphatic hydroxyl groups excluding tert-OH is 1. The number of nitrogens with one attached hydrogen (secondary N) is 1. The Kier molecular flexibility index (Phi) is 5.76. The van der Waals surface area contributed by atoms with Crippen molar-refractivity contribution >= 4 is 53.5 Å². The molecule has 0 spiro atoms. The lowest BCUT2D eigenvalue weighted by molar-refractivity contribution is 0.191. The van der Waals surface area contributed by atoms with Gasteiger partial charge in [-0.05, 0) is 61.7 Å². The summed E-state index contributed by atoms with van der Waals surface area (Å²) in [4.78, 5) is 0. The average Bonchev–Trinajstić information content (AvgIpc) is 2.40. The zero-order valence-electron chi connectivity index (χ0n) is 10.5. The largest absolute Gasteiger partial charge is 0.387 e. The molecule has 0 aliphatic rings. The van der Waals surface area contributed by atoms with Crippen LogP contribution in [0.5, 0.6) is 0 Å². The smallest absolute Gasteiger partial charge is 0.159 e. The van der Waals surface area contributed by atoms with Gasteiger partial charge >= 0.3 is 0 Å². The summed E-state index contributed by atoms with van der Waals surface area (Å²) in [5.74, 6) is -1.91. The summed E-state index contributed by atoms with van der Waals surface area (Å²) in [5.41, 5.74) is 1.07. The molecule has 0 saturated carbocycles. The van der Waals surface area contributed by atoms with Crippen LogP contribution >= 0.6 is 47.8 Å². The zero-order valence-corrected chi connectivity index (χ0v) is 15.3. The van der Waals surface area contributed by atoms with Gasteiger partial charge in [-0.2, -0.15) is 0 Å². The van der Waals surface area contributed by atoms with Gasteiger partial charge in [0.25, 0.3) is 0 Å². The maximum absolute atomic E-state index is 13.1. The molecule has 112 valence electrons. The molecule has 2 nitrogen and oxygen atoms in total. The Labute approximate surface area is 145 Å². The Morgan fingerprint density at radius 1 is 1.00 bits per heavy atom.